The van der Waals surface area contributed by atoms with Gasteiger partial charge in [0.15, 0.2) is 11.6 Å². The first kappa shape index (κ1) is 16.8. The number of para-hydroxylation sites is 1. The lowest BCUT2D eigenvalue weighted by atomic mass is 10.1. The lowest BCUT2D eigenvalue weighted by molar-refractivity contribution is 0.575. The molecule has 0 saturated carbocycles. The van der Waals surface area contributed by atoms with E-state index in [1.165, 1.54) is 0 Å². The summed E-state index contributed by atoms with van der Waals surface area (Å²) < 4.78 is 29.2. The van der Waals surface area contributed by atoms with Crippen molar-refractivity contribution in [2.75, 3.05) is 11.1 Å². The Morgan fingerprint density at radius 1 is 1.04 bits per heavy atom. The third kappa shape index (κ3) is 3.44. The summed E-state index contributed by atoms with van der Waals surface area (Å²) >= 11 is 1.12. The number of halogens is 2. The SMILES string of the molecule is CCCSc1c(F)c(C#N)c(C#N)c(F)c1Nc1ccccc1. The molecule has 0 bridgehead atoms. The predicted octanol–water partition coefficient (Wildman–Crippen LogP) is 4.95. The molecule has 23 heavy (non-hydrogen) atoms. The second-order valence-electron chi connectivity index (χ2n) is 4.65. The van der Waals surface area contributed by atoms with Crippen molar-refractivity contribution in [3.8, 4) is 12.1 Å². The minimum atomic E-state index is -0.909. The van der Waals surface area contributed by atoms with Gasteiger partial charge < -0.3 is 5.32 Å². The molecule has 0 heterocycles. The third-order valence-corrected chi connectivity index (χ3v) is 4.34. The van der Waals surface area contributed by atoms with Crippen molar-refractivity contribution in [2.24, 2.45) is 0 Å². The Hall–Kier alpha value is -2.57. The van der Waals surface area contributed by atoms with Crippen molar-refractivity contribution in [3.05, 3.63) is 53.1 Å². The van der Waals surface area contributed by atoms with Crippen molar-refractivity contribution in [3.63, 3.8) is 0 Å². The van der Waals surface area contributed by atoms with Crippen LogP contribution in [0.3, 0.4) is 0 Å². The third-order valence-electron chi connectivity index (χ3n) is 3.05. The average molecular weight is 329 g/mol. The van der Waals surface area contributed by atoms with E-state index in [0.717, 1.165) is 18.2 Å². The molecule has 0 aliphatic heterocycles. The second kappa shape index (κ2) is 7.62. The Labute approximate surface area is 137 Å². The molecular weight excluding hydrogens is 316 g/mol. The Balaban J connectivity index is 2.65. The summed E-state index contributed by atoms with van der Waals surface area (Å²) in [6.45, 7) is 1.92. The molecule has 0 fully saturated rings. The molecule has 2 aromatic rings. The zero-order chi connectivity index (χ0) is 16.8. The molecule has 0 aliphatic carbocycles. The summed E-state index contributed by atoms with van der Waals surface area (Å²) in [7, 11) is 0. The molecule has 0 saturated heterocycles. The van der Waals surface area contributed by atoms with Gasteiger partial charge in [-0.15, -0.1) is 11.8 Å². The van der Waals surface area contributed by atoms with Crippen molar-refractivity contribution >= 4 is 23.1 Å². The molecule has 0 radical (unpaired) electrons. The van der Waals surface area contributed by atoms with Gasteiger partial charge in [-0.05, 0) is 24.3 Å². The maximum Gasteiger partial charge on any atom is 0.167 e. The molecule has 3 nitrogen and oxygen atoms in total. The molecule has 1 N–H and O–H groups in total. The largest absolute Gasteiger partial charge is 0.352 e. The fourth-order valence-electron chi connectivity index (χ4n) is 1.99. The van der Waals surface area contributed by atoms with Gasteiger partial charge >= 0.3 is 0 Å². The van der Waals surface area contributed by atoms with Crippen LogP contribution in [0.25, 0.3) is 0 Å². The highest BCUT2D eigenvalue weighted by molar-refractivity contribution is 7.99. The predicted molar refractivity (Wildman–Crippen MR) is 86.5 cm³/mol. The zero-order valence-electron chi connectivity index (χ0n) is 12.4. The number of nitriles is 2. The molecule has 2 aromatic carbocycles. The zero-order valence-corrected chi connectivity index (χ0v) is 13.2. The van der Waals surface area contributed by atoms with E-state index >= 15 is 0 Å². The summed E-state index contributed by atoms with van der Waals surface area (Å²) in [4.78, 5) is 0.0174. The van der Waals surface area contributed by atoms with Crippen LogP contribution in [-0.4, -0.2) is 5.75 Å². The van der Waals surface area contributed by atoms with Gasteiger partial charge in [0.2, 0.25) is 0 Å². The number of anilines is 2. The monoisotopic (exact) mass is 329 g/mol. The Morgan fingerprint density at radius 3 is 2.22 bits per heavy atom. The van der Waals surface area contributed by atoms with E-state index in [-0.39, 0.29) is 10.6 Å². The van der Waals surface area contributed by atoms with E-state index in [1.54, 1.807) is 42.5 Å². The molecule has 6 heteroatoms. The van der Waals surface area contributed by atoms with Crippen LogP contribution >= 0.6 is 11.8 Å². The maximum absolute atomic E-state index is 14.7. The van der Waals surface area contributed by atoms with Crippen LogP contribution in [0.1, 0.15) is 24.5 Å². The Kier molecular flexibility index (Phi) is 5.56. The average Bonchev–Trinajstić information content (AvgIpc) is 2.58. The van der Waals surface area contributed by atoms with Crippen molar-refractivity contribution < 1.29 is 8.78 Å². The van der Waals surface area contributed by atoms with E-state index in [9.17, 15) is 8.78 Å². The number of nitrogens with one attached hydrogen (secondary N) is 1. The first-order chi connectivity index (χ1) is 11.1. The molecule has 116 valence electrons. The molecule has 0 amide bonds. The fraction of sp³-hybridized carbons (Fsp3) is 0.176. The highest BCUT2D eigenvalue weighted by Gasteiger charge is 2.25. The summed E-state index contributed by atoms with van der Waals surface area (Å²) in [5.41, 5.74) is -0.674. The molecule has 2 rings (SSSR count). The summed E-state index contributed by atoms with van der Waals surface area (Å²) in [5, 5.41) is 20.9. The molecule has 0 atom stereocenters. The summed E-state index contributed by atoms with van der Waals surface area (Å²) in [6.07, 6.45) is 0.762. The minimum Gasteiger partial charge on any atom is -0.352 e. The molecule has 0 spiro atoms. The second-order valence-corrected chi connectivity index (χ2v) is 5.75. The van der Waals surface area contributed by atoms with Crippen LogP contribution in [0.4, 0.5) is 20.2 Å². The summed E-state index contributed by atoms with van der Waals surface area (Å²) in [6, 6.07) is 11.9. The quantitative estimate of drug-likeness (QED) is 0.788. The van der Waals surface area contributed by atoms with Gasteiger partial charge in [0.05, 0.1) is 10.6 Å². The molecule has 0 aromatic heterocycles. The first-order valence-corrected chi connectivity index (χ1v) is 7.92. The first-order valence-electron chi connectivity index (χ1n) is 6.94. The fourth-order valence-corrected chi connectivity index (χ4v) is 2.92. The number of benzene rings is 2. The van der Waals surface area contributed by atoms with Gasteiger partial charge in [0, 0.05) is 5.69 Å². The lowest BCUT2D eigenvalue weighted by Gasteiger charge is -2.15. The van der Waals surface area contributed by atoms with E-state index in [4.69, 9.17) is 10.5 Å². The van der Waals surface area contributed by atoms with Crippen LogP contribution < -0.4 is 5.32 Å². The molecule has 0 unspecified atom stereocenters. The number of thioether (sulfide) groups is 1. The van der Waals surface area contributed by atoms with Crippen molar-refractivity contribution in [1.82, 2.24) is 0 Å². The normalized spacial score (nSPS) is 9.96. The number of rotatable bonds is 5. The van der Waals surface area contributed by atoms with Gasteiger partial charge in [-0.3, -0.25) is 0 Å². The summed E-state index contributed by atoms with van der Waals surface area (Å²) in [5.74, 6) is -1.20. The van der Waals surface area contributed by atoms with Gasteiger partial charge in [-0.25, -0.2) is 8.78 Å². The van der Waals surface area contributed by atoms with Gasteiger partial charge in [-0.2, -0.15) is 10.5 Å². The van der Waals surface area contributed by atoms with E-state index in [1.807, 2.05) is 6.92 Å². The molecular formula is C17H13F2N3S. The highest BCUT2D eigenvalue weighted by Crippen LogP contribution is 2.38. The standard InChI is InChI=1S/C17H13F2N3S/c1-2-8-23-17-15(19)13(10-21)12(9-20)14(18)16(17)22-11-6-4-3-5-7-11/h3-7,22H,2,8H2,1H3. The van der Waals surface area contributed by atoms with E-state index < -0.39 is 22.8 Å². The van der Waals surface area contributed by atoms with Gasteiger partial charge in [0.1, 0.15) is 23.3 Å². The van der Waals surface area contributed by atoms with Crippen molar-refractivity contribution in [1.29, 1.82) is 10.5 Å². The van der Waals surface area contributed by atoms with Crippen molar-refractivity contribution in [2.45, 2.75) is 18.2 Å². The van der Waals surface area contributed by atoms with Crippen LogP contribution in [0.2, 0.25) is 0 Å². The topological polar surface area (TPSA) is 59.6 Å². The highest BCUT2D eigenvalue weighted by atomic mass is 32.2. The Bertz CT molecular complexity index is 792. The minimum absolute atomic E-state index is 0.0174. The lowest BCUT2D eigenvalue weighted by Crippen LogP contribution is -2.05. The molecule has 0 aliphatic rings. The van der Waals surface area contributed by atoms with Gasteiger partial charge in [0.25, 0.3) is 0 Å². The van der Waals surface area contributed by atoms with E-state index in [0.29, 0.717) is 11.4 Å². The van der Waals surface area contributed by atoms with Crippen LogP contribution in [0.15, 0.2) is 35.2 Å². The van der Waals surface area contributed by atoms with Crippen LogP contribution in [-0.2, 0) is 0 Å². The van der Waals surface area contributed by atoms with Gasteiger partial charge in [-0.1, -0.05) is 25.1 Å². The number of hydrogen-bond donors (Lipinski definition) is 1. The van der Waals surface area contributed by atoms with Crippen LogP contribution in [0.5, 0.6) is 0 Å². The smallest absolute Gasteiger partial charge is 0.167 e. The van der Waals surface area contributed by atoms with Crippen LogP contribution in [0, 0.1) is 34.3 Å². The number of nitrogens with zero attached hydrogens (tertiary/aromatic N) is 2. The van der Waals surface area contributed by atoms with E-state index in [2.05, 4.69) is 5.32 Å². The number of hydrogen-bond acceptors (Lipinski definition) is 4. The maximum atomic E-state index is 14.7. The Morgan fingerprint density at radius 2 is 1.65 bits per heavy atom.